The molecule has 0 saturated heterocycles. The van der Waals surface area contributed by atoms with E-state index in [-0.39, 0.29) is 12.0 Å². The fraction of sp³-hybridized carbons (Fsp3) is 0.0870. The van der Waals surface area contributed by atoms with Gasteiger partial charge in [-0.1, -0.05) is 30.3 Å². The molecule has 0 saturated carbocycles. The molecule has 0 aliphatic carbocycles. The average molecular weight is 420 g/mol. The molecule has 0 radical (unpaired) electrons. The Labute approximate surface area is 173 Å². The molecule has 5 aromatic rings. The summed E-state index contributed by atoms with van der Waals surface area (Å²) in [6.45, 7) is 0. The molecule has 0 aliphatic rings. The number of nitrogens with zero attached hydrogens (tertiary/aromatic N) is 3. The first-order valence-electron chi connectivity index (χ1n) is 9.52. The van der Waals surface area contributed by atoms with E-state index in [4.69, 9.17) is 0 Å². The van der Waals surface area contributed by atoms with Crippen LogP contribution in [-0.4, -0.2) is 19.7 Å². The number of halogens is 3. The summed E-state index contributed by atoms with van der Waals surface area (Å²) in [6.07, 6.45) is -2.56. The first-order chi connectivity index (χ1) is 14.9. The van der Waals surface area contributed by atoms with Crippen LogP contribution >= 0.6 is 0 Å². The molecule has 3 aromatic heterocycles. The third-order valence-electron chi connectivity index (χ3n) is 5.19. The Kier molecular flexibility index (Phi) is 4.35. The molecule has 0 bridgehead atoms. The molecule has 0 spiro atoms. The third-order valence-corrected chi connectivity index (χ3v) is 5.19. The number of hydrogen-bond acceptors (Lipinski definition) is 3. The van der Waals surface area contributed by atoms with Gasteiger partial charge in [-0.05, 0) is 42.0 Å². The van der Waals surface area contributed by atoms with E-state index in [0.29, 0.717) is 33.5 Å². The molecule has 0 unspecified atom stereocenters. The number of para-hydroxylation sites is 1. The summed E-state index contributed by atoms with van der Waals surface area (Å²) in [6, 6.07) is 17.7. The Bertz CT molecular complexity index is 1450. The van der Waals surface area contributed by atoms with Gasteiger partial charge in [-0.3, -0.25) is 14.5 Å². The maximum atomic E-state index is 13.5. The molecule has 2 aromatic carbocycles. The Balaban J connectivity index is 1.70. The van der Waals surface area contributed by atoms with Gasteiger partial charge >= 0.3 is 6.18 Å². The lowest BCUT2D eigenvalue weighted by atomic mass is 10.0. The Morgan fingerprint density at radius 3 is 2.39 bits per heavy atom. The summed E-state index contributed by atoms with van der Waals surface area (Å²) in [7, 11) is 0. The number of rotatable bonds is 3. The number of nitrogens with one attached hydrogen (secondary N) is 1. The predicted octanol–water partition coefficient (Wildman–Crippen LogP) is 4.87. The van der Waals surface area contributed by atoms with Gasteiger partial charge in [0.05, 0.1) is 27.8 Å². The summed E-state index contributed by atoms with van der Waals surface area (Å²) < 4.78 is 40.1. The SMILES string of the molecule is O=c1c2c(Cc3ccc(C(F)(F)F)cc3)n[nH]c2c2cccnc2n1-c1ccccc1. The van der Waals surface area contributed by atoms with E-state index in [0.717, 1.165) is 17.5 Å². The van der Waals surface area contributed by atoms with E-state index in [1.807, 2.05) is 36.4 Å². The van der Waals surface area contributed by atoms with E-state index in [1.54, 1.807) is 12.3 Å². The number of benzene rings is 2. The quantitative estimate of drug-likeness (QED) is 0.453. The number of hydrogen-bond donors (Lipinski definition) is 1. The topological polar surface area (TPSA) is 63.6 Å². The molecular weight excluding hydrogens is 405 g/mol. The fourth-order valence-electron chi connectivity index (χ4n) is 3.73. The lowest BCUT2D eigenvalue weighted by Gasteiger charge is -2.11. The van der Waals surface area contributed by atoms with Crippen LogP contribution < -0.4 is 5.56 Å². The lowest BCUT2D eigenvalue weighted by Crippen LogP contribution is -2.20. The van der Waals surface area contributed by atoms with Crippen molar-refractivity contribution in [2.45, 2.75) is 12.6 Å². The minimum atomic E-state index is -4.40. The number of H-pyrrole nitrogens is 1. The normalized spacial score (nSPS) is 12.0. The van der Waals surface area contributed by atoms with Crippen molar-refractivity contribution in [2.24, 2.45) is 0 Å². The smallest absolute Gasteiger partial charge is 0.277 e. The van der Waals surface area contributed by atoms with Crippen molar-refractivity contribution in [3.63, 3.8) is 0 Å². The van der Waals surface area contributed by atoms with Crippen LogP contribution in [-0.2, 0) is 12.6 Å². The summed E-state index contributed by atoms with van der Waals surface area (Å²) in [5, 5.41) is 8.36. The van der Waals surface area contributed by atoms with Crippen molar-refractivity contribution in [3.05, 3.63) is 100 Å². The number of fused-ring (bicyclic) bond motifs is 3. The Morgan fingerprint density at radius 2 is 1.68 bits per heavy atom. The Hall–Kier alpha value is -3.94. The molecule has 3 heterocycles. The van der Waals surface area contributed by atoms with Crippen molar-refractivity contribution in [2.75, 3.05) is 0 Å². The lowest BCUT2D eigenvalue weighted by molar-refractivity contribution is -0.137. The van der Waals surface area contributed by atoms with Gasteiger partial charge in [0.25, 0.3) is 5.56 Å². The standard InChI is InChI=1S/C23H15F3N4O/c24-23(25,26)15-10-8-14(9-11-15)13-18-19-20(29-28-18)17-7-4-12-27-21(17)30(22(19)31)16-5-2-1-3-6-16/h1-12H,13H2,(H,28,29). The van der Waals surface area contributed by atoms with Gasteiger partial charge in [0.1, 0.15) is 5.65 Å². The van der Waals surface area contributed by atoms with Gasteiger partial charge in [0, 0.05) is 18.0 Å². The van der Waals surface area contributed by atoms with E-state index in [9.17, 15) is 18.0 Å². The zero-order valence-corrected chi connectivity index (χ0v) is 16.0. The molecule has 8 heteroatoms. The van der Waals surface area contributed by atoms with Crippen LogP contribution in [0.25, 0.3) is 27.6 Å². The highest BCUT2D eigenvalue weighted by atomic mass is 19.4. The van der Waals surface area contributed by atoms with Gasteiger partial charge in [0.2, 0.25) is 0 Å². The van der Waals surface area contributed by atoms with Crippen LogP contribution in [0.2, 0.25) is 0 Å². The van der Waals surface area contributed by atoms with Gasteiger partial charge in [-0.2, -0.15) is 18.3 Å². The zero-order chi connectivity index (χ0) is 21.6. The van der Waals surface area contributed by atoms with Crippen LogP contribution in [0, 0.1) is 0 Å². The summed E-state index contributed by atoms with van der Waals surface area (Å²) in [4.78, 5) is 17.9. The molecule has 31 heavy (non-hydrogen) atoms. The molecular formula is C23H15F3N4O. The predicted molar refractivity (Wildman–Crippen MR) is 111 cm³/mol. The highest BCUT2D eigenvalue weighted by Crippen LogP contribution is 2.30. The largest absolute Gasteiger partial charge is 0.416 e. The minimum Gasteiger partial charge on any atom is -0.277 e. The number of pyridine rings is 2. The third kappa shape index (κ3) is 3.26. The second kappa shape index (κ2) is 7.09. The van der Waals surface area contributed by atoms with E-state index < -0.39 is 11.7 Å². The van der Waals surface area contributed by atoms with E-state index in [1.165, 1.54) is 16.7 Å². The maximum Gasteiger partial charge on any atom is 0.416 e. The van der Waals surface area contributed by atoms with Crippen LogP contribution in [0.4, 0.5) is 13.2 Å². The minimum absolute atomic E-state index is 0.216. The van der Waals surface area contributed by atoms with Crippen molar-refractivity contribution in [1.29, 1.82) is 0 Å². The van der Waals surface area contributed by atoms with Crippen molar-refractivity contribution in [1.82, 2.24) is 19.7 Å². The molecule has 1 N–H and O–H groups in total. The van der Waals surface area contributed by atoms with E-state index >= 15 is 0 Å². The second-order valence-electron chi connectivity index (χ2n) is 7.14. The van der Waals surface area contributed by atoms with Crippen molar-refractivity contribution >= 4 is 21.9 Å². The maximum absolute atomic E-state index is 13.5. The molecule has 0 aliphatic heterocycles. The van der Waals surface area contributed by atoms with Gasteiger partial charge in [-0.25, -0.2) is 4.98 Å². The molecule has 154 valence electrons. The number of alkyl halides is 3. The summed E-state index contributed by atoms with van der Waals surface area (Å²) in [5.74, 6) is 0. The number of aromatic amines is 1. The number of aromatic nitrogens is 4. The van der Waals surface area contributed by atoms with Crippen molar-refractivity contribution < 1.29 is 13.2 Å². The summed E-state index contributed by atoms with van der Waals surface area (Å²) >= 11 is 0. The second-order valence-corrected chi connectivity index (χ2v) is 7.14. The monoisotopic (exact) mass is 420 g/mol. The molecule has 5 rings (SSSR count). The first kappa shape index (κ1) is 19.0. The Morgan fingerprint density at radius 1 is 0.935 bits per heavy atom. The highest BCUT2D eigenvalue weighted by molar-refractivity contribution is 6.03. The van der Waals surface area contributed by atoms with Crippen LogP contribution in [0.15, 0.2) is 77.7 Å². The molecule has 0 amide bonds. The first-order valence-corrected chi connectivity index (χ1v) is 9.52. The molecule has 0 atom stereocenters. The van der Waals surface area contributed by atoms with Gasteiger partial charge in [-0.15, -0.1) is 0 Å². The molecule has 5 nitrogen and oxygen atoms in total. The van der Waals surface area contributed by atoms with Gasteiger partial charge < -0.3 is 0 Å². The fourth-order valence-corrected chi connectivity index (χ4v) is 3.73. The summed E-state index contributed by atoms with van der Waals surface area (Å²) in [5.41, 5.74) is 1.81. The van der Waals surface area contributed by atoms with E-state index in [2.05, 4.69) is 15.2 Å². The highest BCUT2D eigenvalue weighted by Gasteiger charge is 2.30. The zero-order valence-electron chi connectivity index (χ0n) is 16.0. The average Bonchev–Trinajstić information content (AvgIpc) is 3.19. The van der Waals surface area contributed by atoms with Crippen LogP contribution in [0.3, 0.4) is 0 Å². The van der Waals surface area contributed by atoms with Crippen molar-refractivity contribution in [3.8, 4) is 5.69 Å². The van der Waals surface area contributed by atoms with Crippen LogP contribution in [0.5, 0.6) is 0 Å². The molecule has 0 fully saturated rings. The van der Waals surface area contributed by atoms with Gasteiger partial charge in [0.15, 0.2) is 0 Å². The van der Waals surface area contributed by atoms with Crippen LogP contribution in [0.1, 0.15) is 16.8 Å².